The Labute approximate surface area is 106 Å². The summed E-state index contributed by atoms with van der Waals surface area (Å²) in [5.41, 5.74) is 6.12. The van der Waals surface area contributed by atoms with Crippen LogP contribution in [0.2, 0.25) is 0 Å². The van der Waals surface area contributed by atoms with Gasteiger partial charge in [-0.2, -0.15) is 4.39 Å². The van der Waals surface area contributed by atoms with E-state index in [0.717, 1.165) is 25.3 Å². The van der Waals surface area contributed by atoms with E-state index in [1.54, 1.807) is 0 Å². The third-order valence-electron chi connectivity index (χ3n) is 3.81. The van der Waals surface area contributed by atoms with Crippen molar-refractivity contribution in [3.05, 3.63) is 29.8 Å². The van der Waals surface area contributed by atoms with Crippen LogP contribution < -0.4 is 10.5 Å². The molecule has 1 aromatic carbocycles. The van der Waals surface area contributed by atoms with Crippen molar-refractivity contribution in [2.75, 3.05) is 0 Å². The summed E-state index contributed by atoms with van der Waals surface area (Å²) in [7, 11) is 0. The van der Waals surface area contributed by atoms with Gasteiger partial charge >= 0.3 is 0 Å². The summed E-state index contributed by atoms with van der Waals surface area (Å²) >= 11 is 0. The van der Waals surface area contributed by atoms with Gasteiger partial charge in [0.05, 0.1) is 0 Å². The van der Waals surface area contributed by atoms with Gasteiger partial charge in [-0.1, -0.05) is 19.9 Å². The molecular weight excluding hydrogens is 236 g/mol. The second-order valence-electron chi connectivity index (χ2n) is 5.61. The zero-order valence-electron chi connectivity index (χ0n) is 10.7. The Hall–Kier alpha value is -1.16. The van der Waals surface area contributed by atoms with Gasteiger partial charge in [-0.25, -0.2) is 4.39 Å². The topological polar surface area (TPSA) is 35.2 Å². The Morgan fingerprint density at radius 2 is 2.06 bits per heavy atom. The van der Waals surface area contributed by atoms with Crippen LogP contribution in [0.5, 0.6) is 5.75 Å². The van der Waals surface area contributed by atoms with E-state index >= 15 is 0 Å². The summed E-state index contributed by atoms with van der Waals surface area (Å²) in [6.45, 7) is 4.16. The highest BCUT2D eigenvalue weighted by atomic mass is 19.2. The summed E-state index contributed by atoms with van der Waals surface area (Å²) in [5, 5.41) is 0. The van der Waals surface area contributed by atoms with Crippen LogP contribution in [0.3, 0.4) is 0 Å². The first-order valence-corrected chi connectivity index (χ1v) is 6.28. The van der Waals surface area contributed by atoms with E-state index in [0.29, 0.717) is 0 Å². The third kappa shape index (κ3) is 2.48. The molecule has 1 fully saturated rings. The quantitative estimate of drug-likeness (QED) is 0.880. The molecular formula is C14H19F2NO. The van der Waals surface area contributed by atoms with E-state index in [1.165, 1.54) is 12.1 Å². The first-order chi connectivity index (χ1) is 8.42. The molecule has 1 aliphatic rings. The number of benzene rings is 1. The molecule has 0 aliphatic heterocycles. The first kappa shape index (κ1) is 13.3. The molecule has 0 heterocycles. The van der Waals surface area contributed by atoms with E-state index in [2.05, 4.69) is 13.8 Å². The predicted molar refractivity (Wildman–Crippen MR) is 66.4 cm³/mol. The summed E-state index contributed by atoms with van der Waals surface area (Å²) in [6, 6.07) is 3.78. The SMILES string of the molecule is CC1(C)CCCC(Oc2cccc(F)c2F)C1N. The van der Waals surface area contributed by atoms with Crippen molar-refractivity contribution in [1.29, 1.82) is 0 Å². The molecule has 1 aliphatic carbocycles. The summed E-state index contributed by atoms with van der Waals surface area (Å²) in [6.07, 6.45) is 2.53. The molecule has 0 bridgehead atoms. The molecule has 100 valence electrons. The first-order valence-electron chi connectivity index (χ1n) is 6.28. The van der Waals surface area contributed by atoms with Gasteiger partial charge in [0.15, 0.2) is 11.6 Å². The number of nitrogens with two attached hydrogens (primary N) is 1. The predicted octanol–water partition coefficient (Wildman–Crippen LogP) is 3.25. The number of halogens is 2. The van der Waals surface area contributed by atoms with Crippen molar-refractivity contribution in [2.24, 2.45) is 11.1 Å². The Bertz CT molecular complexity index is 434. The second-order valence-corrected chi connectivity index (χ2v) is 5.61. The lowest BCUT2D eigenvalue weighted by molar-refractivity contribution is 0.0535. The number of hydrogen-bond donors (Lipinski definition) is 1. The number of ether oxygens (including phenoxy) is 1. The summed E-state index contributed by atoms with van der Waals surface area (Å²) in [4.78, 5) is 0. The standard InChI is InChI=1S/C14H19F2NO/c1-14(2)8-4-7-11(13(14)17)18-10-6-3-5-9(15)12(10)16/h3,5-6,11,13H,4,7-8,17H2,1-2H3. The van der Waals surface area contributed by atoms with Crippen LogP contribution in [0.1, 0.15) is 33.1 Å². The van der Waals surface area contributed by atoms with Gasteiger partial charge in [0.1, 0.15) is 6.10 Å². The van der Waals surface area contributed by atoms with Gasteiger partial charge in [0, 0.05) is 6.04 Å². The summed E-state index contributed by atoms with van der Waals surface area (Å²) in [5.74, 6) is -1.88. The third-order valence-corrected chi connectivity index (χ3v) is 3.81. The lowest BCUT2D eigenvalue weighted by Gasteiger charge is -2.41. The molecule has 2 unspecified atom stereocenters. The fourth-order valence-corrected chi connectivity index (χ4v) is 2.48. The van der Waals surface area contributed by atoms with Gasteiger partial charge in [0.25, 0.3) is 0 Å². The van der Waals surface area contributed by atoms with Crippen LogP contribution in [-0.4, -0.2) is 12.1 Å². The van der Waals surface area contributed by atoms with E-state index in [1.807, 2.05) is 0 Å². The molecule has 2 atom stereocenters. The molecule has 0 spiro atoms. The Kier molecular flexibility index (Phi) is 3.57. The zero-order valence-corrected chi connectivity index (χ0v) is 10.7. The molecule has 2 nitrogen and oxygen atoms in total. The van der Waals surface area contributed by atoms with E-state index in [-0.39, 0.29) is 23.3 Å². The van der Waals surface area contributed by atoms with Crippen LogP contribution in [0.15, 0.2) is 18.2 Å². The molecule has 1 saturated carbocycles. The van der Waals surface area contributed by atoms with Gasteiger partial charge in [0.2, 0.25) is 5.82 Å². The average molecular weight is 255 g/mol. The molecule has 0 radical (unpaired) electrons. The fraction of sp³-hybridized carbons (Fsp3) is 0.571. The van der Waals surface area contributed by atoms with Crippen molar-refractivity contribution in [3.8, 4) is 5.75 Å². The van der Waals surface area contributed by atoms with E-state index in [9.17, 15) is 8.78 Å². The van der Waals surface area contributed by atoms with Crippen molar-refractivity contribution in [2.45, 2.75) is 45.3 Å². The van der Waals surface area contributed by atoms with Crippen LogP contribution in [0.25, 0.3) is 0 Å². The zero-order chi connectivity index (χ0) is 13.3. The van der Waals surface area contributed by atoms with Gasteiger partial charge < -0.3 is 10.5 Å². The van der Waals surface area contributed by atoms with Gasteiger partial charge in [-0.15, -0.1) is 0 Å². The molecule has 2 N–H and O–H groups in total. The minimum atomic E-state index is -0.937. The lowest BCUT2D eigenvalue weighted by atomic mass is 9.72. The normalized spacial score (nSPS) is 26.9. The highest BCUT2D eigenvalue weighted by Gasteiger charge is 2.38. The Morgan fingerprint density at radius 1 is 1.33 bits per heavy atom. The van der Waals surface area contributed by atoms with E-state index in [4.69, 9.17) is 10.5 Å². The largest absolute Gasteiger partial charge is 0.486 e. The van der Waals surface area contributed by atoms with Crippen LogP contribution in [0.4, 0.5) is 8.78 Å². The number of rotatable bonds is 2. The molecule has 1 aromatic rings. The van der Waals surface area contributed by atoms with Crippen LogP contribution in [0, 0.1) is 17.0 Å². The second kappa shape index (κ2) is 4.84. The fourth-order valence-electron chi connectivity index (χ4n) is 2.48. The van der Waals surface area contributed by atoms with Crippen molar-refractivity contribution in [3.63, 3.8) is 0 Å². The average Bonchev–Trinajstić information content (AvgIpc) is 2.31. The monoisotopic (exact) mass is 255 g/mol. The van der Waals surface area contributed by atoms with Crippen molar-refractivity contribution < 1.29 is 13.5 Å². The maximum atomic E-state index is 13.5. The maximum Gasteiger partial charge on any atom is 0.200 e. The highest BCUT2D eigenvalue weighted by molar-refractivity contribution is 5.25. The van der Waals surface area contributed by atoms with Crippen LogP contribution >= 0.6 is 0 Å². The van der Waals surface area contributed by atoms with Gasteiger partial charge in [-0.3, -0.25) is 0 Å². The van der Waals surface area contributed by atoms with Crippen LogP contribution in [-0.2, 0) is 0 Å². The Morgan fingerprint density at radius 3 is 2.78 bits per heavy atom. The molecule has 0 amide bonds. The highest BCUT2D eigenvalue weighted by Crippen LogP contribution is 2.36. The lowest BCUT2D eigenvalue weighted by Crippen LogP contribution is -2.52. The maximum absolute atomic E-state index is 13.5. The minimum Gasteiger partial charge on any atom is -0.486 e. The van der Waals surface area contributed by atoms with E-state index < -0.39 is 11.6 Å². The molecule has 2 rings (SSSR count). The van der Waals surface area contributed by atoms with Crippen molar-refractivity contribution >= 4 is 0 Å². The minimum absolute atomic E-state index is 0.0350. The molecule has 0 saturated heterocycles. The van der Waals surface area contributed by atoms with Gasteiger partial charge in [-0.05, 0) is 36.8 Å². The number of hydrogen-bond acceptors (Lipinski definition) is 2. The molecule has 0 aromatic heterocycles. The summed E-state index contributed by atoms with van der Waals surface area (Å²) < 4.78 is 32.2. The smallest absolute Gasteiger partial charge is 0.200 e. The molecule has 4 heteroatoms. The molecule has 18 heavy (non-hydrogen) atoms. The van der Waals surface area contributed by atoms with Crippen molar-refractivity contribution in [1.82, 2.24) is 0 Å². The Balaban J connectivity index is 2.16.